The highest BCUT2D eigenvalue weighted by atomic mass is 19.1. The number of nitrogens with one attached hydrogen (secondary N) is 1. The van der Waals surface area contributed by atoms with Gasteiger partial charge in [-0.2, -0.15) is 4.39 Å². The number of benzene rings is 2. The van der Waals surface area contributed by atoms with Crippen molar-refractivity contribution in [2.75, 3.05) is 26.8 Å². The molecular formula is C26H30FN3O. The summed E-state index contributed by atoms with van der Waals surface area (Å²) in [5.74, 6) is -0.0491. The summed E-state index contributed by atoms with van der Waals surface area (Å²) in [4.78, 5) is 8.36. The Labute approximate surface area is 184 Å². The third kappa shape index (κ3) is 5.63. The smallest absolute Gasteiger partial charge is 0.216 e. The van der Waals surface area contributed by atoms with E-state index in [1.54, 1.807) is 7.11 Å². The average molecular weight is 420 g/mol. The first-order valence-corrected chi connectivity index (χ1v) is 10.3. The molecule has 2 heterocycles. The number of halogens is 1. The number of aromatic nitrogens is 1. The minimum atomic E-state index is -0.373. The lowest BCUT2D eigenvalue weighted by molar-refractivity contribution is 0.199. The van der Waals surface area contributed by atoms with E-state index in [2.05, 4.69) is 45.6 Å². The molecule has 4 rings (SSSR count). The van der Waals surface area contributed by atoms with Crippen molar-refractivity contribution in [3.8, 4) is 11.1 Å². The molecule has 1 aliphatic rings. The number of fused-ring (bicyclic) bond motifs is 1. The lowest BCUT2D eigenvalue weighted by atomic mass is 9.91. The zero-order valence-corrected chi connectivity index (χ0v) is 17.1. The Bertz CT molecular complexity index is 1020. The summed E-state index contributed by atoms with van der Waals surface area (Å²) in [7, 11) is 1.71. The van der Waals surface area contributed by atoms with E-state index in [1.165, 1.54) is 5.56 Å². The van der Waals surface area contributed by atoms with E-state index in [1.807, 2.05) is 36.7 Å². The van der Waals surface area contributed by atoms with Crippen molar-refractivity contribution < 1.29 is 9.13 Å². The Balaban J connectivity index is 0.00000272. The molecule has 0 amide bonds. The zero-order chi connectivity index (χ0) is 20.8. The van der Waals surface area contributed by atoms with Crippen LogP contribution in [-0.2, 0) is 17.7 Å². The molecule has 0 saturated heterocycles. The van der Waals surface area contributed by atoms with Crippen molar-refractivity contribution >= 4 is 5.97 Å². The van der Waals surface area contributed by atoms with E-state index in [0.717, 1.165) is 41.8 Å². The monoisotopic (exact) mass is 419 g/mol. The van der Waals surface area contributed by atoms with Crippen LogP contribution < -0.4 is 5.32 Å². The number of aliphatic imine (C=N–C) groups is 1. The Kier molecular flexibility index (Phi) is 8.04. The van der Waals surface area contributed by atoms with Gasteiger partial charge in [-0.3, -0.25) is 9.98 Å². The highest BCUT2D eigenvalue weighted by Gasteiger charge is 2.17. The summed E-state index contributed by atoms with van der Waals surface area (Å²) in [5, 5.41) is 3.48. The summed E-state index contributed by atoms with van der Waals surface area (Å²) < 4.78 is 19.1. The van der Waals surface area contributed by atoms with Crippen LogP contribution in [0.25, 0.3) is 11.1 Å². The van der Waals surface area contributed by atoms with E-state index in [-0.39, 0.29) is 13.4 Å². The van der Waals surface area contributed by atoms with E-state index < -0.39 is 0 Å². The molecule has 0 bridgehead atoms. The number of ether oxygens (including phenoxy) is 1. The quantitative estimate of drug-likeness (QED) is 0.486. The predicted molar refractivity (Wildman–Crippen MR) is 125 cm³/mol. The first-order valence-electron chi connectivity index (χ1n) is 10.3. The lowest BCUT2D eigenvalue weighted by Gasteiger charge is -2.19. The van der Waals surface area contributed by atoms with Crippen LogP contribution in [0.15, 0.2) is 72.0 Å². The van der Waals surface area contributed by atoms with Gasteiger partial charge in [0.25, 0.3) is 0 Å². The van der Waals surface area contributed by atoms with Crippen molar-refractivity contribution in [2.24, 2.45) is 4.99 Å². The van der Waals surface area contributed by atoms with Gasteiger partial charge in [0.2, 0.25) is 5.97 Å². The van der Waals surface area contributed by atoms with Crippen molar-refractivity contribution in [3.05, 3.63) is 89.2 Å². The first-order chi connectivity index (χ1) is 14.7. The standard InChI is InChI=1S/C25H26FN3O.CH4/c1-30-10-9-27-15-22(19-5-3-2-4-6-19)11-18-12-23(16-28-14-18)20-7-8-21-17-29-25(26)24(21)13-20;/h2-8,12-14,16,22,27H,9-11,15,17H2,1H3;1H4/t22-;/m0./s1. The molecule has 1 aromatic heterocycles. The average Bonchev–Trinajstić information content (AvgIpc) is 3.17. The van der Waals surface area contributed by atoms with Gasteiger partial charge in [-0.25, -0.2) is 0 Å². The second-order valence-corrected chi connectivity index (χ2v) is 7.57. The van der Waals surface area contributed by atoms with Gasteiger partial charge in [0.05, 0.1) is 13.2 Å². The maximum absolute atomic E-state index is 13.9. The third-order valence-corrected chi connectivity index (χ3v) is 5.48. The van der Waals surface area contributed by atoms with Crippen LogP contribution in [0, 0.1) is 0 Å². The lowest BCUT2D eigenvalue weighted by Crippen LogP contribution is -2.26. The Hall–Kier alpha value is -2.89. The van der Waals surface area contributed by atoms with Gasteiger partial charge in [-0.1, -0.05) is 49.9 Å². The molecule has 2 aromatic carbocycles. The predicted octanol–water partition coefficient (Wildman–Crippen LogP) is 5.18. The zero-order valence-electron chi connectivity index (χ0n) is 17.1. The SMILES string of the molecule is C.COCCNC[C@H](Cc1cncc(-c2ccc3c(c2)C(F)=NC3)c1)c1ccccc1. The van der Waals surface area contributed by atoms with E-state index in [9.17, 15) is 4.39 Å². The molecule has 1 atom stereocenters. The molecule has 0 spiro atoms. The van der Waals surface area contributed by atoms with E-state index >= 15 is 0 Å². The van der Waals surface area contributed by atoms with Crippen molar-refractivity contribution in [1.29, 1.82) is 0 Å². The van der Waals surface area contributed by atoms with Crippen molar-refractivity contribution in [2.45, 2.75) is 26.3 Å². The molecule has 162 valence electrons. The minimum Gasteiger partial charge on any atom is -0.383 e. The molecule has 1 N–H and O–H groups in total. The topological polar surface area (TPSA) is 46.5 Å². The minimum absolute atomic E-state index is 0. The fourth-order valence-electron chi connectivity index (χ4n) is 3.85. The molecular weight excluding hydrogens is 389 g/mol. The van der Waals surface area contributed by atoms with Gasteiger partial charge in [0.15, 0.2) is 0 Å². The first kappa shape index (κ1) is 22.8. The highest BCUT2D eigenvalue weighted by molar-refractivity contribution is 5.98. The van der Waals surface area contributed by atoms with Crippen LogP contribution in [0.4, 0.5) is 4.39 Å². The van der Waals surface area contributed by atoms with Crippen LogP contribution in [0.1, 0.15) is 35.6 Å². The van der Waals surface area contributed by atoms with Crippen LogP contribution in [0.3, 0.4) is 0 Å². The summed E-state index contributed by atoms with van der Waals surface area (Å²) in [6.45, 7) is 2.80. The maximum Gasteiger partial charge on any atom is 0.216 e. The summed E-state index contributed by atoms with van der Waals surface area (Å²) in [6.07, 6.45) is 4.62. The Morgan fingerprint density at radius 1 is 1.06 bits per heavy atom. The highest BCUT2D eigenvalue weighted by Crippen LogP contribution is 2.28. The molecule has 3 aromatic rings. The molecule has 0 saturated carbocycles. The van der Waals surface area contributed by atoms with Crippen LogP contribution in [0.5, 0.6) is 0 Å². The van der Waals surface area contributed by atoms with E-state index in [4.69, 9.17) is 4.74 Å². The van der Waals surface area contributed by atoms with E-state index in [0.29, 0.717) is 24.6 Å². The van der Waals surface area contributed by atoms with Gasteiger partial charge in [-0.15, -0.1) is 0 Å². The molecule has 0 radical (unpaired) electrons. The fourth-order valence-corrected chi connectivity index (χ4v) is 3.85. The van der Waals surface area contributed by atoms with Crippen LogP contribution >= 0.6 is 0 Å². The molecule has 5 heteroatoms. The molecule has 4 nitrogen and oxygen atoms in total. The largest absolute Gasteiger partial charge is 0.383 e. The van der Waals surface area contributed by atoms with Crippen molar-refractivity contribution in [3.63, 3.8) is 0 Å². The normalized spacial score (nSPS) is 13.3. The van der Waals surface area contributed by atoms with Gasteiger partial charge in [0, 0.05) is 49.6 Å². The van der Waals surface area contributed by atoms with Crippen LogP contribution in [0.2, 0.25) is 0 Å². The number of hydrogen-bond donors (Lipinski definition) is 1. The number of methoxy groups -OCH3 is 1. The Morgan fingerprint density at radius 2 is 1.90 bits per heavy atom. The van der Waals surface area contributed by atoms with Gasteiger partial charge < -0.3 is 10.1 Å². The number of rotatable bonds is 9. The number of nitrogens with zero attached hydrogens (tertiary/aromatic N) is 2. The molecule has 0 aliphatic carbocycles. The maximum atomic E-state index is 13.9. The molecule has 1 aliphatic heterocycles. The summed E-state index contributed by atoms with van der Waals surface area (Å²) >= 11 is 0. The second kappa shape index (κ2) is 10.9. The van der Waals surface area contributed by atoms with Crippen molar-refractivity contribution in [1.82, 2.24) is 10.3 Å². The fraction of sp³-hybridized carbons (Fsp3) is 0.308. The number of pyridine rings is 1. The van der Waals surface area contributed by atoms with Gasteiger partial charge >= 0.3 is 0 Å². The van der Waals surface area contributed by atoms with Crippen LogP contribution in [-0.4, -0.2) is 37.8 Å². The summed E-state index contributed by atoms with van der Waals surface area (Å²) in [6, 6.07) is 18.5. The second-order valence-electron chi connectivity index (χ2n) is 7.57. The van der Waals surface area contributed by atoms with Gasteiger partial charge in [-0.05, 0) is 40.8 Å². The van der Waals surface area contributed by atoms with Gasteiger partial charge in [0.1, 0.15) is 0 Å². The third-order valence-electron chi connectivity index (χ3n) is 5.48. The Morgan fingerprint density at radius 3 is 2.71 bits per heavy atom. The number of hydrogen-bond acceptors (Lipinski definition) is 4. The molecule has 31 heavy (non-hydrogen) atoms. The molecule has 0 unspecified atom stereocenters. The molecule has 0 fully saturated rings. The summed E-state index contributed by atoms with van der Waals surface area (Å²) in [5.41, 5.74) is 5.95.